The van der Waals surface area contributed by atoms with Gasteiger partial charge in [-0.05, 0) is 43.3 Å². The van der Waals surface area contributed by atoms with Crippen LogP contribution < -0.4 is 15.5 Å². The van der Waals surface area contributed by atoms with Crippen molar-refractivity contribution in [2.24, 2.45) is 0 Å². The van der Waals surface area contributed by atoms with Crippen LogP contribution in [0.25, 0.3) is 10.9 Å². The fourth-order valence-corrected chi connectivity index (χ4v) is 3.20. The molecule has 0 spiro atoms. The summed E-state index contributed by atoms with van der Waals surface area (Å²) in [6, 6.07) is 7.42. The highest BCUT2D eigenvalue weighted by molar-refractivity contribution is 6.32. The number of aromatic nitrogens is 1. The number of methoxy groups -OCH3 is 1. The largest absolute Gasteiger partial charge is 0.495 e. The molecule has 3 rings (SSSR count). The molecule has 0 unspecified atom stereocenters. The average Bonchev–Trinajstić information content (AvgIpc) is 2.67. The van der Waals surface area contributed by atoms with Gasteiger partial charge in [-0.25, -0.2) is 0 Å². The number of ether oxygens (including phenoxy) is 1. The molecule has 0 atom stereocenters. The fourth-order valence-electron chi connectivity index (χ4n) is 2.94. The maximum absolute atomic E-state index is 13.1. The van der Waals surface area contributed by atoms with Crippen LogP contribution >= 0.6 is 11.6 Å². The van der Waals surface area contributed by atoms with Gasteiger partial charge in [0.25, 0.3) is 5.91 Å². The van der Waals surface area contributed by atoms with E-state index in [4.69, 9.17) is 16.3 Å². The van der Waals surface area contributed by atoms with Gasteiger partial charge in [-0.2, -0.15) is 13.2 Å². The number of anilines is 1. The Morgan fingerprint density at radius 1 is 1.21 bits per heavy atom. The van der Waals surface area contributed by atoms with Gasteiger partial charge in [0.1, 0.15) is 11.3 Å². The monoisotopic (exact) mass is 424 g/mol. The van der Waals surface area contributed by atoms with Gasteiger partial charge in [0, 0.05) is 23.8 Å². The number of alkyl halides is 3. The molecule has 1 amide bonds. The number of aryl methyl sites for hydroxylation is 1. The van der Waals surface area contributed by atoms with Gasteiger partial charge < -0.3 is 14.6 Å². The standard InChI is InChI=1S/C20H16ClF3N2O3/c1-3-26-10-14(19(28)25-12-5-7-17(29-2)15(21)9-12)18(27)13-8-11(20(22,23)24)4-6-16(13)26/h4-10H,3H2,1-2H3,(H,25,28). The molecular weight excluding hydrogens is 409 g/mol. The van der Waals surface area contributed by atoms with Crippen LogP contribution in [0.5, 0.6) is 5.75 Å². The lowest BCUT2D eigenvalue weighted by molar-refractivity contribution is -0.137. The average molecular weight is 425 g/mol. The van der Waals surface area contributed by atoms with E-state index in [1.165, 1.54) is 37.6 Å². The molecule has 0 radical (unpaired) electrons. The molecule has 1 aromatic heterocycles. The maximum atomic E-state index is 13.1. The van der Waals surface area contributed by atoms with E-state index in [1.54, 1.807) is 11.5 Å². The van der Waals surface area contributed by atoms with E-state index in [0.29, 0.717) is 23.5 Å². The predicted molar refractivity (Wildman–Crippen MR) is 105 cm³/mol. The smallest absolute Gasteiger partial charge is 0.416 e. The van der Waals surface area contributed by atoms with Gasteiger partial charge in [-0.15, -0.1) is 0 Å². The van der Waals surface area contributed by atoms with E-state index >= 15 is 0 Å². The van der Waals surface area contributed by atoms with Crippen molar-refractivity contribution >= 4 is 34.1 Å². The molecule has 3 aromatic rings. The van der Waals surface area contributed by atoms with Gasteiger partial charge in [0.2, 0.25) is 5.43 Å². The van der Waals surface area contributed by atoms with Crippen molar-refractivity contribution in [2.45, 2.75) is 19.6 Å². The van der Waals surface area contributed by atoms with Crippen LogP contribution in [-0.2, 0) is 12.7 Å². The summed E-state index contributed by atoms with van der Waals surface area (Å²) < 4.78 is 45.8. The summed E-state index contributed by atoms with van der Waals surface area (Å²) in [5.74, 6) is -0.346. The number of fused-ring (bicyclic) bond motifs is 1. The first kappa shape index (κ1) is 20.7. The minimum atomic E-state index is -4.60. The van der Waals surface area contributed by atoms with E-state index in [0.717, 1.165) is 12.1 Å². The molecule has 0 aliphatic heterocycles. The number of rotatable bonds is 4. The SMILES string of the molecule is CCn1cc(C(=O)Nc2ccc(OC)c(Cl)c2)c(=O)c2cc(C(F)(F)F)ccc21. The molecule has 0 saturated heterocycles. The minimum Gasteiger partial charge on any atom is -0.495 e. The van der Waals surface area contributed by atoms with Crippen LogP contribution in [0, 0.1) is 0 Å². The highest BCUT2D eigenvalue weighted by Crippen LogP contribution is 2.31. The normalized spacial score (nSPS) is 11.5. The van der Waals surface area contributed by atoms with E-state index in [-0.39, 0.29) is 16.0 Å². The van der Waals surface area contributed by atoms with Crippen LogP contribution in [0.2, 0.25) is 5.02 Å². The number of hydrogen-bond donors (Lipinski definition) is 1. The first-order valence-corrected chi connectivity index (χ1v) is 8.92. The van der Waals surface area contributed by atoms with Gasteiger partial charge in [-0.1, -0.05) is 11.6 Å². The summed E-state index contributed by atoms with van der Waals surface area (Å²) in [5.41, 5.74) is -1.38. The zero-order chi connectivity index (χ0) is 21.3. The third kappa shape index (κ3) is 4.07. The zero-order valence-corrected chi connectivity index (χ0v) is 16.2. The predicted octanol–water partition coefficient (Wildman–Crippen LogP) is 4.95. The minimum absolute atomic E-state index is 0.179. The summed E-state index contributed by atoms with van der Waals surface area (Å²) in [7, 11) is 1.44. The van der Waals surface area contributed by atoms with E-state index < -0.39 is 23.1 Å². The molecule has 0 bridgehead atoms. The molecule has 152 valence electrons. The van der Waals surface area contributed by atoms with E-state index in [9.17, 15) is 22.8 Å². The summed E-state index contributed by atoms with van der Waals surface area (Å²) in [6.45, 7) is 2.11. The summed E-state index contributed by atoms with van der Waals surface area (Å²) in [5, 5.41) is 2.61. The lowest BCUT2D eigenvalue weighted by Crippen LogP contribution is -2.24. The molecule has 0 fully saturated rings. The van der Waals surface area contributed by atoms with Crippen molar-refractivity contribution in [1.82, 2.24) is 4.57 Å². The first-order chi connectivity index (χ1) is 13.7. The van der Waals surface area contributed by atoms with Crippen molar-refractivity contribution in [2.75, 3.05) is 12.4 Å². The number of nitrogens with one attached hydrogen (secondary N) is 1. The Hall–Kier alpha value is -3.00. The number of halogens is 4. The number of nitrogens with zero attached hydrogens (tertiary/aromatic N) is 1. The second-order valence-corrected chi connectivity index (χ2v) is 6.60. The Kier molecular flexibility index (Phi) is 5.57. The molecule has 0 aliphatic carbocycles. The van der Waals surface area contributed by atoms with E-state index in [2.05, 4.69) is 5.32 Å². The highest BCUT2D eigenvalue weighted by Gasteiger charge is 2.31. The van der Waals surface area contributed by atoms with Crippen LogP contribution in [0.3, 0.4) is 0 Å². The lowest BCUT2D eigenvalue weighted by atomic mass is 10.1. The van der Waals surface area contributed by atoms with E-state index in [1.807, 2.05) is 0 Å². The second-order valence-electron chi connectivity index (χ2n) is 6.19. The van der Waals surface area contributed by atoms with Gasteiger partial charge >= 0.3 is 6.18 Å². The molecule has 1 heterocycles. The van der Waals surface area contributed by atoms with Crippen molar-refractivity contribution in [3.63, 3.8) is 0 Å². The number of hydrogen-bond acceptors (Lipinski definition) is 3. The fraction of sp³-hybridized carbons (Fsp3) is 0.200. The molecule has 0 saturated carbocycles. The number of benzene rings is 2. The van der Waals surface area contributed by atoms with Crippen molar-refractivity contribution in [3.8, 4) is 5.75 Å². The molecule has 0 aliphatic rings. The Morgan fingerprint density at radius 2 is 1.93 bits per heavy atom. The van der Waals surface area contributed by atoms with Crippen LogP contribution in [-0.4, -0.2) is 17.6 Å². The Bertz CT molecular complexity index is 1160. The van der Waals surface area contributed by atoms with Gasteiger partial charge in [0.05, 0.1) is 23.2 Å². The van der Waals surface area contributed by atoms with Crippen molar-refractivity contribution in [3.05, 3.63) is 69.0 Å². The molecule has 5 nitrogen and oxygen atoms in total. The van der Waals surface area contributed by atoms with Gasteiger partial charge in [-0.3, -0.25) is 9.59 Å². The molecule has 29 heavy (non-hydrogen) atoms. The first-order valence-electron chi connectivity index (χ1n) is 8.55. The number of pyridine rings is 1. The Morgan fingerprint density at radius 3 is 2.52 bits per heavy atom. The maximum Gasteiger partial charge on any atom is 0.416 e. The lowest BCUT2D eigenvalue weighted by Gasteiger charge is -2.14. The highest BCUT2D eigenvalue weighted by atomic mass is 35.5. The zero-order valence-electron chi connectivity index (χ0n) is 15.4. The number of carbonyl (C=O) groups is 1. The van der Waals surface area contributed by atoms with Gasteiger partial charge in [0.15, 0.2) is 0 Å². The van der Waals surface area contributed by atoms with Crippen molar-refractivity contribution < 1.29 is 22.7 Å². The molecule has 1 N–H and O–H groups in total. The topological polar surface area (TPSA) is 60.3 Å². The van der Waals surface area contributed by atoms with Crippen LogP contribution in [0.1, 0.15) is 22.8 Å². The molecule has 2 aromatic carbocycles. The molecule has 9 heteroatoms. The number of amides is 1. The van der Waals surface area contributed by atoms with Crippen molar-refractivity contribution in [1.29, 1.82) is 0 Å². The third-order valence-corrected chi connectivity index (χ3v) is 4.70. The Balaban J connectivity index is 2.08. The van der Waals surface area contributed by atoms with Crippen LogP contribution in [0.4, 0.5) is 18.9 Å². The van der Waals surface area contributed by atoms with Crippen LogP contribution in [0.15, 0.2) is 47.4 Å². The third-order valence-electron chi connectivity index (χ3n) is 4.40. The summed E-state index contributed by atoms with van der Waals surface area (Å²) >= 11 is 6.03. The quantitative estimate of drug-likeness (QED) is 0.644. The summed E-state index contributed by atoms with van der Waals surface area (Å²) in [6.07, 6.45) is -3.27. The number of carbonyl (C=O) groups excluding carboxylic acids is 1. The second kappa shape index (κ2) is 7.79. The molecular formula is C20H16ClF3N2O3. The Labute approximate surface area is 168 Å². The summed E-state index contributed by atoms with van der Waals surface area (Å²) in [4.78, 5) is 25.5.